The second-order valence-corrected chi connectivity index (χ2v) is 8.57. The number of hydrogen-bond donors (Lipinski definition) is 3. The van der Waals surface area contributed by atoms with Gasteiger partial charge < -0.3 is 20.4 Å². The number of benzene rings is 2. The van der Waals surface area contributed by atoms with Crippen molar-refractivity contribution < 1.29 is 9.59 Å². The van der Waals surface area contributed by atoms with Crippen LogP contribution in [0.5, 0.6) is 0 Å². The van der Waals surface area contributed by atoms with Crippen LogP contribution in [0.25, 0.3) is 11.4 Å². The molecule has 1 fully saturated rings. The molecule has 9 nitrogen and oxygen atoms in total. The first-order chi connectivity index (χ1) is 16.5. The van der Waals surface area contributed by atoms with Crippen molar-refractivity contribution in [2.75, 3.05) is 39.0 Å². The summed E-state index contributed by atoms with van der Waals surface area (Å²) < 4.78 is 0. The molecule has 1 aliphatic heterocycles. The number of piperidine rings is 1. The number of aromatic amines is 1. The number of carbonyl (C=O) groups excluding carboxylic acids is 2. The third-order valence-electron chi connectivity index (χ3n) is 6.39. The van der Waals surface area contributed by atoms with Crippen LogP contribution >= 0.6 is 0 Å². The van der Waals surface area contributed by atoms with E-state index < -0.39 is 0 Å². The molecule has 1 saturated heterocycles. The third-order valence-corrected chi connectivity index (χ3v) is 6.39. The van der Waals surface area contributed by atoms with Gasteiger partial charge in [-0.2, -0.15) is 5.10 Å². The van der Waals surface area contributed by atoms with Crippen LogP contribution in [0.15, 0.2) is 54.9 Å². The minimum atomic E-state index is -0.222. The Hall–Kier alpha value is -3.72. The number of H-pyrrole nitrogens is 1. The molecule has 0 spiro atoms. The summed E-state index contributed by atoms with van der Waals surface area (Å²) in [5.41, 5.74) is 3.62. The first-order valence-corrected chi connectivity index (χ1v) is 11.6. The zero-order chi connectivity index (χ0) is 23.9. The molecule has 0 atom stereocenters. The smallest absolute Gasteiger partial charge is 0.318 e. The minimum absolute atomic E-state index is 0.0793. The standard InChI is InChI=1S/C25H31N7O2/c1-26-25(34)29-21-9-3-18(4-10-21)11-14-31(2)22-12-15-32(16-13-22)24(33)20-7-5-19(6-8-20)23-27-17-28-30-23/h3-10,17,22H,11-16H2,1-2H3,(H2,26,29,34)(H,27,28,30). The Morgan fingerprint density at radius 2 is 1.79 bits per heavy atom. The van der Waals surface area contributed by atoms with E-state index in [0.717, 1.165) is 50.1 Å². The van der Waals surface area contributed by atoms with Gasteiger partial charge in [-0.3, -0.25) is 9.89 Å². The van der Waals surface area contributed by atoms with E-state index in [1.54, 1.807) is 7.05 Å². The predicted molar refractivity (Wildman–Crippen MR) is 132 cm³/mol. The summed E-state index contributed by atoms with van der Waals surface area (Å²) in [5, 5.41) is 12.0. The highest BCUT2D eigenvalue weighted by molar-refractivity contribution is 5.94. The summed E-state index contributed by atoms with van der Waals surface area (Å²) in [6.07, 6.45) is 4.34. The van der Waals surface area contributed by atoms with Crippen LogP contribution < -0.4 is 10.6 Å². The van der Waals surface area contributed by atoms with E-state index in [1.807, 2.05) is 53.4 Å². The number of likely N-dealkylation sites (N-methyl/N-ethyl adjacent to an activating group) is 1. The molecule has 0 bridgehead atoms. The summed E-state index contributed by atoms with van der Waals surface area (Å²) in [6.45, 7) is 2.47. The van der Waals surface area contributed by atoms with Crippen LogP contribution in [-0.4, -0.2) is 76.7 Å². The lowest BCUT2D eigenvalue weighted by Crippen LogP contribution is -2.46. The number of amides is 3. The van der Waals surface area contributed by atoms with Crippen molar-refractivity contribution in [1.82, 2.24) is 30.3 Å². The third kappa shape index (κ3) is 5.79. The molecule has 2 aromatic carbocycles. The molecule has 3 amide bonds. The number of rotatable bonds is 7. The van der Waals surface area contributed by atoms with Gasteiger partial charge in [0.25, 0.3) is 5.91 Å². The molecule has 178 valence electrons. The maximum atomic E-state index is 12.9. The number of nitrogens with one attached hydrogen (secondary N) is 3. The molecule has 2 heterocycles. The van der Waals surface area contributed by atoms with Crippen molar-refractivity contribution in [2.24, 2.45) is 0 Å². The second-order valence-electron chi connectivity index (χ2n) is 8.57. The van der Waals surface area contributed by atoms with Crippen molar-refractivity contribution in [3.8, 4) is 11.4 Å². The van der Waals surface area contributed by atoms with Gasteiger partial charge in [-0.05, 0) is 56.1 Å². The monoisotopic (exact) mass is 461 g/mol. The van der Waals surface area contributed by atoms with Gasteiger partial charge in [-0.15, -0.1) is 0 Å². The molecule has 4 rings (SSSR count). The van der Waals surface area contributed by atoms with Gasteiger partial charge in [0.2, 0.25) is 0 Å². The van der Waals surface area contributed by atoms with Crippen LogP contribution in [0, 0.1) is 0 Å². The van der Waals surface area contributed by atoms with Crippen LogP contribution in [0.2, 0.25) is 0 Å². The molecule has 3 aromatic rings. The van der Waals surface area contributed by atoms with E-state index >= 15 is 0 Å². The maximum Gasteiger partial charge on any atom is 0.318 e. The fraction of sp³-hybridized carbons (Fsp3) is 0.360. The predicted octanol–water partition coefficient (Wildman–Crippen LogP) is 3.00. The van der Waals surface area contributed by atoms with Crippen LogP contribution in [-0.2, 0) is 6.42 Å². The van der Waals surface area contributed by atoms with Crippen LogP contribution in [0.3, 0.4) is 0 Å². The number of anilines is 1. The van der Waals surface area contributed by atoms with Gasteiger partial charge in [-0.1, -0.05) is 24.3 Å². The SMILES string of the molecule is CNC(=O)Nc1ccc(CCN(C)C2CCN(C(=O)c3ccc(-c4ncn[nH]4)cc3)CC2)cc1. The van der Waals surface area contributed by atoms with Crippen LogP contribution in [0.1, 0.15) is 28.8 Å². The number of hydrogen-bond acceptors (Lipinski definition) is 5. The van der Waals surface area contributed by atoms with E-state index in [0.29, 0.717) is 17.4 Å². The minimum Gasteiger partial charge on any atom is -0.341 e. The molecule has 9 heteroatoms. The largest absolute Gasteiger partial charge is 0.341 e. The summed E-state index contributed by atoms with van der Waals surface area (Å²) >= 11 is 0. The average Bonchev–Trinajstić information content (AvgIpc) is 3.43. The number of carbonyl (C=O) groups is 2. The topological polar surface area (TPSA) is 106 Å². The Kier molecular flexibility index (Phi) is 7.54. The maximum absolute atomic E-state index is 12.9. The van der Waals surface area contributed by atoms with Crippen molar-refractivity contribution in [1.29, 1.82) is 0 Å². The van der Waals surface area contributed by atoms with E-state index in [2.05, 4.69) is 37.8 Å². The zero-order valence-electron chi connectivity index (χ0n) is 19.6. The van der Waals surface area contributed by atoms with E-state index in [-0.39, 0.29) is 11.9 Å². The lowest BCUT2D eigenvalue weighted by atomic mass is 10.0. The van der Waals surface area contributed by atoms with Gasteiger partial charge in [0.05, 0.1) is 0 Å². The van der Waals surface area contributed by atoms with Gasteiger partial charge in [-0.25, -0.2) is 9.78 Å². The second kappa shape index (κ2) is 10.9. The van der Waals surface area contributed by atoms with Gasteiger partial charge in [0.1, 0.15) is 6.33 Å². The zero-order valence-corrected chi connectivity index (χ0v) is 19.6. The van der Waals surface area contributed by atoms with Gasteiger partial charge >= 0.3 is 6.03 Å². The molecule has 1 aliphatic rings. The quantitative estimate of drug-likeness (QED) is 0.502. The fourth-order valence-electron chi connectivity index (χ4n) is 4.24. The molecule has 0 saturated carbocycles. The van der Waals surface area contributed by atoms with E-state index in [9.17, 15) is 9.59 Å². The van der Waals surface area contributed by atoms with Crippen molar-refractivity contribution >= 4 is 17.6 Å². The van der Waals surface area contributed by atoms with Crippen molar-refractivity contribution in [2.45, 2.75) is 25.3 Å². The molecule has 0 aliphatic carbocycles. The Balaban J connectivity index is 1.23. The molecule has 34 heavy (non-hydrogen) atoms. The summed E-state index contributed by atoms with van der Waals surface area (Å²) in [5.74, 6) is 0.773. The number of urea groups is 1. The Morgan fingerprint density at radius 3 is 2.41 bits per heavy atom. The highest BCUT2D eigenvalue weighted by atomic mass is 16.2. The molecule has 1 aromatic heterocycles. The van der Waals surface area contributed by atoms with E-state index in [4.69, 9.17) is 0 Å². The number of aromatic nitrogens is 3. The first-order valence-electron chi connectivity index (χ1n) is 11.6. The number of nitrogens with zero attached hydrogens (tertiary/aromatic N) is 4. The summed E-state index contributed by atoms with van der Waals surface area (Å²) in [6, 6.07) is 15.7. The average molecular weight is 462 g/mol. The summed E-state index contributed by atoms with van der Waals surface area (Å²) in [4.78, 5) is 32.8. The highest BCUT2D eigenvalue weighted by Gasteiger charge is 2.25. The van der Waals surface area contributed by atoms with E-state index in [1.165, 1.54) is 11.9 Å². The lowest BCUT2D eigenvalue weighted by molar-refractivity contribution is 0.0647. The Labute approximate surface area is 199 Å². The van der Waals surface area contributed by atoms with Crippen molar-refractivity contribution in [3.63, 3.8) is 0 Å². The summed E-state index contributed by atoms with van der Waals surface area (Å²) in [7, 11) is 3.75. The fourth-order valence-corrected chi connectivity index (χ4v) is 4.24. The highest BCUT2D eigenvalue weighted by Crippen LogP contribution is 2.20. The molecule has 3 N–H and O–H groups in total. The molecular weight excluding hydrogens is 430 g/mol. The van der Waals surface area contributed by atoms with Crippen molar-refractivity contribution in [3.05, 3.63) is 66.0 Å². The van der Waals surface area contributed by atoms with Gasteiger partial charge in [0, 0.05) is 49.5 Å². The molecular formula is C25H31N7O2. The van der Waals surface area contributed by atoms with Crippen LogP contribution in [0.4, 0.5) is 10.5 Å². The molecule has 0 unspecified atom stereocenters. The first kappa shape index (κ1) is 23.4. The number of likely N-dealkylation sites (tertiary alicyclic amines) is 1. The van der Waals surface area contributed by atoms with Gasteiger partial charge in [0.15, 0.2) is 5.82 Å². The Morgan fingerprint density at radius 1 is 1.09 bits per heavy atom. The normalized spacial score (nSPS) is 14.3. The molecule has 0 radical (unpaired) electrons. The lowest BCUT2D eigenvalue weighted by Gasteiger charge is -2.37. The Bertz CT molecular complexity index is 1070.